The van der Waals surface area contributed by atoms with Gasteiger partial charge in [0.1, 0.15) is 5.75 Å². The van der Waals surface area contributed by atoms with Gasteiger partial charge in [0, 0.05) is 0 Å². The Bertz CT molecular complexity index is 537. The average molecular weight is 283 g/mol. The number of hydrogen-bond donors (Lipinski definition) is 1. The second-order valence-corrected chi connectivity index (χ2v) is 5.44. The molecule has 0 heterocycles. The summed E-state index contributed by atoms with van der Waals surface area (Å²) in [6.07, 6.45) is 4.22. The van der Waals surface area contributed by atoms with Gasteiger partial charge in [-0.15, -0.1) is 0 Å². The second-order valence-electron chi connectivity index (χ2n) is 5.44. The molecule has 2 aromatic carbocycles. The van der Waals surface area contributed by atoms with E-state index in [1.165, 1.54) is 16.7 Å². The lowest BCUT2D eigenvalue weighted by Crippen LogP contribution is -2.06. The van der Waals surface area contributed by atoms with Gasteiger partial charge in [-0.25, -0.2) is 0 Å². The van der Waals surface area contributed by atoms with Crippen molar-refractivity contribution in [2.75, 3.05) is 13.2 Å². The molecular formula is C19H25NO. The number of aryl methyl sites for hydroxylation is 2. The summed E-state index contributed by atoms with van der Waals surface area (Å²) < 4.78 is 5.93. The Morgan fingerprint density at radius 2 is 1.76 bits per heavy atom. The lowest BCUT2D eigenvalue weighted by molar-refractivity contribution is 0.304. The molecule has 2 aromatic rings. The van der Waals surface area contributed by atoms with Crippen LogP contribution >= 0.6 is 0 Å². The molecular weight excluding hydrogens is 258 g/mol. The van der Waals surface area contributed by atoms with Crippen molar-refractivity contribution in [1.82, 2.24) is 0 Å². The fourth-order valence-corrected chi connectivity index (χ4v) is 2.46. The van der Waals surface area contributed by atoms with Crippen molar-refractivity contribution in [1.29, 1.82) is 0 Å². The van der Waals surface area contributed by atoms with Crippen molar-refractivity contribution in [2.45, 2.75) is 32.6 Å². The third kappa shape index (κ3) is 5.24. The van der Waals surface area contributed by atoms with E-state index in [1.54, 1.807) is 0 Å². The SMILES string of the molecule is Cc1ccc(OCCCCc2ccccc2)c(CCN)c1. The fourth-order valence-electron chi connectivity index (χ4n) is 2.46. The maximum absolute atomic E-state index is 5.93. The molecule has 0 aliphatic rings. The molecule has 0 unspecified atom stereocenters. The van der Waals surface area contributed by atoms with E-state index in [9.17, 15) is 0 Å². The van der Waals surface area contributed by atoms with Crippen LogP contribution in [0.3, 0.4) is 0 Å². The Labute approximate surface area is 127 Å². The normalized spacial score (nSPS) is 10.6. The molecule has 0 saturated heterocycles. The largest absolute Gasteiger partial charge is 0.493 e. The van der Waals surface area contributed by atoms with Crippen molar-refractivity contribution in [3.05, 3.63) is 65.2 Å². The first-order valence-electron chi connectivity index (χ1n) is 7.76. The fraction of sp³-hybridized carbons (Fsp3) is 0.368. The third-order valence-corrected chi connectivity index (χ3v) is 3.59. The van der Waals surface area contributed by atoms with Crippen molar-refractivity contribution in [3.8, 4) is 5.75 Å². The maximum atomic E-state index is 5.93. The first-order valence-corrected chi connectivity index (χ1v) is 7.76. The van der Waals surface area contributed by atoms with Crippen LogP contribution in [0, 0.1) is 6.92 Å². The van der Waals surface area contributed by atoms with Crippen LogP contribution in [0.4, 0.5) is 0 Å². The highest BCUT2D eigenvalue weighted by Crippen LogP contribution is 2.20. The molecule has 0 atom stereocenters. The molecule has 2 nitrogen and oxygen atoms in total. The van der Waals surface area contributed by atoms with Crippen LogP contribution in [-0.4, -0.2) is 13.2 Å². The maximum Gasteiger partial charge on any atom is 0.122 e. The Hall–Kier alpha value is -1.80. The van der Waals surface area contributed by atoms with Crippen molar-refractivity contribution in [3.63, 3.8) is 0 Å². The van der Waals surface area contributed by atoms with Crippen LogP contribution in [0.2, 0.25) is 0 Å². The number of hydrogen-bond acceptors (Lipinski definition) is 2. The van der Waals surface area contributed by atoms with Crippen LogP contribution in [0.5, 0.6) is 5.75 Å². The van der Waals surface area contributed by atoms with E-state index in [0.717, 1.165) is 38.0 Å². The molecule has 112 valence electrons. The summed E-state index contributed by atoms with van der Waals surface area (Å²) in [5, 5.41) is 0. The van der Waals surface area contributed by atoms with E-state index < -0.39 is 0 Å². The highest BCUT2D eigenvalue weighted by atomic mass is 16.5. The smallest absolute Gasteiger partial charge is 0.122 e. The lowest BCUT2D eigenvalue weighted by atomic mass is 10.1. The van der Waals surface area contributed by atoms with Crippen molar-refractivity contribution < 1.29 is 4.74 Å². The molecule has 21 heavy (non-hydrogen) atoms. The minimum absolute atomic E-state index is 0.661. The standard InChI is InChI=1S/C19H25NO/c1-16-10-11-19(18(15-16)12-13-20)21-14-6-5-9-17-7-3-2-4-8-17/h2-4,7-8,10-11,15H,5-6,9,12-14,20H2,1H3. The molecule has 0 aliphatic heterocycles. The number of ether oxygens (including phenoxy) is 1. The van der Waals surface area contributed by atoms with Gasteiger partial charge in [0.15, 0.2) is 0 Å². The highest BCUT2D eigenvalue weighted by molar-refractivity contribution is 5.37. The Morgan fingerprint density at radius 1 is 0.952 bits per heavy atom. The molecule has 2 rings (SSSR count). The van der Waals surface area contributed by atoms with E-state index in [1.807, 2.05) is 0 Å². The summed E-state index contributed by atoms with van der Waals surface area (Å²) in [5.41, 5.74) is 9.55. The first kappa shape index (κ1) is 15.6. The van der Waals surface area contributed by atoms with Gasteiger partial charge < -0.3 is 10.5 Å². The van der Waals surface area contributed by atoms with Gasteiger partial charge in [0.05, 0.1) is 6.61 Å². The predicted molar refractivity (Wildman–Crippen MR) is 88.8 cm³/mol. The predicted octanol–water partition coefficient (Wildman–Crippen LogP) is 3.90. The van der Waals surface area contributed by atoms with Crippen LogP contribution in [0.1, 0.15) is 29.5 Å². The Morgan fingerprint density at radius 3 is 2.52 bits per heavy atom. The van der Waals surface area contributed by atoms with Gasteiger partial charge in [-0.2, -0.15) is 0 Å². The minimum atomic E-state index is 0.661. The highest BCUT2D eigenvalue weighted by Gasteiger charge is 2.03. The third-order valence-electron chi connectivity index (χ3n) is 3.59. The number of rotatable bonds is 8. The van der Waals surface area contributed by atoms with E-state index in [4.69, 9.17) is 10.5 Å². The van der Waals surface area contributed by atoms with E-state index in [-0.39, 0.29) is 0 Å². The molecule has 0 spiro atoms. The quantitative estimate of drug-likeness (QED) is 0.746. The van der Waals surface area contributed by atoms with Gasteiger partial charge in [0.2, 0.25) is 0 Å². The van der Waals surface area contributed by atoms with E-state index in [0.29, 0.717) is 6.54 Å². The molecule has 0 amide bonds. The van der Waals surface area contributed by atoms with Gasteiger partial charge in [0.25, 0.3) is 0 Å². The minimum Gasteiger partial charge on any atom is -0.493 e. The zero-order valence-electron chi connectivity index (χ0n) is 12.8. The lowest BCUT2D eigenvalue weighted by Gasteiger charge is -2.12. The molecule has 0 radical (unpaired) electrons. The van der Waals surface area contributed by atoms with Gasteiger partial charge in [-0.05, 0) is 56.3 Å². The summed E-state index contributed by atoms with van der Waals surface area (Å²) in [4.78, 5) is 0. The number of nitrogens with two attached hydrogens (primary N) is 1. The van der Waals surface area contributed by atoms with Gasteiger partial charge >= 0.3 is 0 Å². The van der Waals surface area contributed by atoms with Crippen molar-refractivity contribution >= 4 is 0 Å². The molecule has 0 aliphatic carbocycles. The molecule has 0 saturated carbocycles. The zero-order valence-corrected chi connectivity index (χ0v) is 12.8. The van der Waals surface area contributed by atoms with Gasteiger partial charge in [-0.3, -0.25) is 0 Å². The molecule has 2 heteroatoms. The first-order chi connectivity index (χ1) is 10.3. The summed E-state index contributed by atoms with van der Waals surface area (Å²) in [7, 11) is 0. The van der Waals surface area contributed by atoms with E-state index >= 15 is 0 Å². The zero-order chi connectivity index (χ0) is 14.9. The second kappa shape index (κ2) is 8.48. The molecule has 0 fully saturated rings. The topological polar surface area (TPSA) is 35.2 Å². The number of unbranched alkanes of at least 4 members (excludes halogenated alkanes) is 1. The summed E-state index contributed by atoms with van der Waals surface area (Å²) in [6.45, 7) is 3.53. The van der Waals surface area contributed by atoms with Crippen LogP contribution in [-0.2, 0) is 12.8 Å². The van der Waals surface area contributed by atoms with Crippen LogP contribution in [0.25, 0.3) is 0 Å². The molecule has 0 bridgehead atoms. The Balaban J connectivity index is 1.75. The van der Waals surface area contributed by atoms with E-state index in [2.05, 4.69) is 55.5 Å². The van der Waals surface area contributed by atoms with Crippen LogP contribution in [0.15, 0.2) is 48.5 Å². The Kier molecular flexibility index (Phi) is 6.29. The van der Waals surface area contributed by atoms with Gasteiger partial charge in [-0.1, -0.05) is 48.0 Å². The summed E-state index contributed by atoms with van der Waals surface area (Å²) in [5.74, 6) is 0.991. The monoisotopic (exact) mass is 283 g/mol. The van der Waals surface area contributed by atoms with Crippen molar-refractivity contribution in [2.24, 2.45) is 5.73 Å². The average Bonchev–Trinajstić information content (AvgIpc) is 2.50. The van der Waals surface area contributed by atoms with Crippen LogP contribution < -0.4 is 10.5 Å². The molecule has 0 aromatic heterocycles. The summed E-state index contributed by atoms with van der Waals surface area (Å²) in [6, 6.07) is 16.9. The number of benzene rings is 2. The summed E-state index contributed by atoms with van der Waals surface area (Å²) >= 11 is 0. The molecule has 2 N–H and O–H groups in total.